The molecule has 0 aliphatic rings. The highest BCUT2D eigenvalue weighted by molar-refractivity contribution is 7.99. The Hall–Kier alpha value is -1.62. The molecule has 0 atom stereocenters. The van der Waals surface area contributed by atoms with Crippen LogP contribution >= 0.6 is 11.8 Å². The number of hydrogen-bond donors (Lipinski definition) is 0. The highest BCUT2D eigenvalue weighted by Crippen LogP contribution is 2.26. The van der Waals surface area contributed by atoms with Gasteiger partial charge < -0.3 is 0 Å². The lowest BCUT2D eigenvalue weighted by Gasteiger charge is -2.08. The Kier molecular flexibility index (Phi) is 5.99. The first-order valence-electron chi connectivity index (χ1n) is 7.19. The maximum Gasteiger partial charge on any atom is 0.191 e. The normalized spacial score (nSPS) is 10.8. The molecule has 21 heavy (non-hydrogen) atoms. The van der Waals surface area contributed by atoms with Crippen LogP contribution in [0.3, 0.4) is 0 Å². The Morgan fingerprint density at radius 3 is 2.81 bits per heavy atom. The Morgan fingerprint density at radius 2 is 2.10 bits per heavy atom. The Morgan fingerprint density at radius 1 is 1.29 bits per heavy atom. The molecular formula is C16H20FN3S. The summed E-state index contributed by atoms with van der Waals surface area (Å²) in [4.78, 5) is 0. The molecule has 0 saturated heterocycles. The molecule has 0 aliphatic carbocycles. The van der Waals surface area contributed by atoms with E-state index in [0.29, 0.717) is 17.9 Å². The minimum Gasteiger partial charge on any atom is -0.298 e. The second-order valence-corrected chi connectivity index (χ2v) is 5.80. The van der Waals surface area contributed by atoms with Gasteiger partial charge in [0.2, 0.25) is 0 Å². The van der Waals surface area contributed by atoms with E-state index in [2.05, 4.69) is 23.7 Å². The summed E-state index contributed by atoms with van der Waals surface area (Å²) >= 11 is 1.67. The number of rotatable bonds is 8. The van der Waals surface area contributed by atoms with Crippen molar-refractivity contribution in [2.45, 2.75) is 37.9 Å². The van der Waals surface area contributed by atoms with Gasteiger partial charge in [-0.25, -0.2) is 4.39 Å². The Bertz CT molecular complexity index is 595. The number of nitrogens with zero attached hydrogens (tertiary/aromatic N) is 3. The summed E-state index contributed by atoms with van der Waals surface area (Å²) in [5.74, 6) is 1.28. The molecule has 2 rings (SSSR count). The summed E-state index contributed by atoms with van der Waals surface area (Å²) in [7, 11) is 0. The van der Waals surface area contributed by atoms with E-state index in [0.717, 1.165) is 17.3 Å². The summed E-state index contributed by atoms with van der Waals surface area (Å²) in [6.07, 6.45) is 5.34. The number of halogens is 1. The first-order valence-corrected chi connectivity index (χ1v) is 8.18. The summed E-state index contributed by atoms with van der Waals surface area (Å²) in [5, 5.41) is 9.20. The van der Waals surface area contributed by atoms with Crippen molar-refractivity contribution >= 4 is 11.8 Å². The number of allylic oxidation sites excluding steroid dienone is 1. The summed E-state index contributed by atoms with van der Waals surface area (Å²) in [5.41, 5.74) is 0.479. The van der Waals surface area contributed by atoms with Crippen LogP contribution < -0.4 is 0 Å². The van der Waals surface area contributed by atoms with Crippen molar-refractivity contribution in [1.82, 2.24) is 14.8 Å². The molecule has 2 aromatic rings. The molecule has 0 N–H and O–H groups in total. The smallest absolute Gasteiger partial charge is 0.191 e. The molecule has 5 heteroatoms. The van der Waals surface area contributed by atoms with Crippen molar-refractivity contribution in [2.75, 3.05) is 5.75 Å². The number of hydrogen-bond acceptors (Lipinski definition) is 3. The lowest BCUT2D eigenvalue weighted by Crippen LogP contribution is -2.02. The largest absolute Gasteiger partial charge is 0.298 e. The average molecular weight is 305 g/mol. The second-order valence-electron chi connectivity index (χ2n) is 4.74. The van der Waals surface area contributed by atoms with Gasteiger partial charge in [0.1, 0.15) is 5.82 Å². The average Bonchev–Trinajstić information content (AvgIpc) is 2.88. The summed E-state index contributed by atoms with van der Waals surface area (Å²) in [6, 6.07) is 6.65. The van der Waals surface area contributed by atoms with Gasteiger partial charge in [0.25, 0.3) is 0 Å². The number of unbranched alkanes of at least 4 members (excludes halogenated alkanes) is 2. The molecular weight excluding hydrogens is 285 g/mol. The summed E-state index contributed by atoms with van der Waals surface area (Å²) in [6.45, 7) is 6.52. The fraction of sp³-hybridized carbons (Fsp3) is 0.375. The molecule has 0 amide bonds. The molecule has 0 bridgehead atoms. The van der Waals surface area contributed by atoms with Crippen LogP contribution in [0.1, 0.15) is 26.2 Å². The van der Waals surface area contributed by atoms with Crippen molar-refractivity contribution in [3.05, 3.63) is 42.7 Å². The van der Waals surface area contributed by atoms with Gasteiger partial charge in [-0.05, 0) is 18.6 Å². The minimum absolute atomic E-state index is 0.280. The SMILES string of the molecule is C=CCn1c(SCCCCC)nnc1-c1ccccc1F. The van der Waals surface area contributed by atoms with E-state index in [1.54, 1.807) is 36.0 Å². The molecule has 0 fully saturated rings. The maximum absolute atomic E-state index is 13.9. The molecule has 112 valence electrons. The highest BCUT2D eigenvalue weighted by Gasteiger charge is 2.15. The van der Waals surface area contributed by atoms with E-state index in [-0.39, 0.29) is 5.82 Å². The van der Waals surface area contributed by atoms with E-state index < -0.39 is 0 Å². The van der Waals surface area contributed by atoms with Crippen LogP contribution in [0.4, 0.5) is 4.39 Å². The van der Waals surface area contributed by atoms with Crippen LogP contribution in [0.5, 0.6) is 0 Å². The Labute approximate surface area is 129 Å². The first kappa shape index (κ1) is 15.8. The third-order valence-corrected chi connectivity index (χ3v) is 4.18. The topological polar surface area (TPSA) is 30.7 Å². The molecule has 1 heterocycles. The molecule has 1 aromatic carbocycles. The third kappa shape index (κ3) is 3.94. The highest BCUT2D eigenvalue weighted by atomic mass is 32.2. The van der Waals surface area contributed by atoms with Crippen molar-refractivity contribution < 1.29 is 4.39 Å². The van der Waals surface area contributed by atoms with Gasteiger partial charge in [-0.1, -0.05) is 49.7 Å². The van der Waals surface area contributed by atoms with Gasteiger partial charge in [0.05, 0.1) is 5.56 Å². The van der Waals surface area contributed by atoms with E-state index in [4.69, 9.17) is 0 Å². The van der Waals surface area contributed by atoms with Crippen LogP contribution in [0.2, 0.25) is 0 Å². The zero-order chi connectivity index (χ0) is 15.1. The number of thioether (sulfide) groups is 1. The molecule has 0 spiro atoms. The molecule has 0 aliphatic heterocycles. The van der Waals surface area contributed by atoms with Crippen molar-refractivity contribution in [2.24, 2.45) is 0 Å². The van der Waals surface area contributed by atoms with Crippen LogP contribution in [0.15, 0.2) is 42.1 Å². The van der Waals surface area contributed by atoms with Crippen LogP contribution in [0, 0.1) is 5.82 Å². The molecule has 1 aromatic heterocycles. The third-order valence-electron chi connectivity index (χ3n) is 3.12. The van der Waals surface area contributed by atoms with Gasteiger partial charge in [-0.2, -0.15) is 0 Å². The lowest BCUT2D eigenvalue weighted by atomic mass is 10.2. The quantitative estimate of drug-likeness (QED) is 0.407. The van der Waals surface area contributed by atoms with Crippen molar-refractivity contribution in [3.8, 4) is 11.4 Å². The number of aromatic nitrogens is 3. The fourth-order valence-corrected chi connectivity index (χ4v) is 2.99. The van der Waals surface area contributed by atoms with Gasteiger partial charge >= 0.3 is 0 Å². The zero-order valence-electron chi connectivity index (χ0n) is 12.3. The molecule has 0 saturated carbocycles. The second kappa shape index (κ2) is 7.98. The zero-order valence-corrected chi connectivity index (χ0v) is 13.1. The van der Waals surface area contributed by atoms with E-state index in [9.17, 15) is 4.39 Å². The minimum atomic E-state index is -0.280. The first-order chi connectivity index (χ1) is 10.3. The van der Waals surface area contributed by atoms with Gasteiger partial charge in [-0.15, -0.1) is 16.8 Å². The fourth-order valence-electron chi connectivity index (χ4n) is 2.05. The predicted octanol–water partition coefficient (Wildman–Crippen LogP) is 4.55. The van der Waals surface area contributed by atoms with Crippen LogP contribution in [-0.4, -0.2) is 20.5 Å². The van der Waals surface area contributed by atoms with E-state index in [1.165, 1.54) is 18.9 Å². The van der Waals surface area contributed by atoms with Crippen LogP contribution in [-0.2, 0) is 6.54 Å². The maximum atomic E-state index is 13.9. The molecule has 3 nitrogen and oxygen atoms in total. The van der Waals surface area contributed by atoms with E-state index in [1.807, 2.05) is 4.57 Å². The van der Waals surface area contributed by atoms with Gasteiger partial charge in [0.15, 0.2) is 11.0 Å². The lowest BCUT2D eigenvalue weighted by molar-refractivity contribution is 0.626. The monoisotopic (exact) mass is 305 g/mol. The van der Waals surface area contributed by atoms with Crippen molar-refractivity contribution in [3.63, 3.8) is 0 Å². The predicted molar refractivity (Wildman–Crippen MR) is 85.9 cm³/mol. The van der Waals surface area contributed by atoms with Crippen molar-refractivity contribution in [1.29, 1.82) is 0 Å². The van der Waals surface area contributed by atoms with E-state index >= 15 is 0 Å². The Balaban J connectivity index is 2.24. The molecule has 0 radical (unpaired) electrons. The standard InChI is InChI=1S/C16H20FN3S/c1-3-5-8-12-21-16-19-18-15(20(16)11-4-2)13-9-6-7-10-14(13)17/h4,6-7,9-10H,2-3,5,8,11-12H2,1H3. The van der Waals surface area contributed by atoms with Gasteiger partial charge in [0, 0.05) is 12.3 Å². The summed E-state index contributed by atoms with van der Waals surface area (Å²) < 4.78 is 15.9. The number of benzene rings is 1. The van der Waals surface area contributed by atoms with Gasteiger partial charge in [-0.3, -0.25) is 4.57 Å². The molecule has 0 unspecified atom stereocenters. The van der Waals surface area contributed by atoms with Crippen LogP contribution in [0.25, 0.3) is 11.4 Å².